The van der Waals surface area contributed by atoms with Gasteiger partial charge in [0, 0.05) is 26.1 Å². The molecule has 2 rings (SSSR count). The summed E-state index contributed by atoms with van der Waals surface area (Å²) in [5.74, 6) is -2.91. The highest BCUT2D eigenvalue weighted by Crippen LogP contribution is 2.24. The number of rotatable bonds is 7. The molecule has 8 nitrogen and oxygen atoms in total. The van der Waals surface area contributed by atoms with Crippen LogP contribution < -0.4 is 5.32 Å². The van der Waals surface area contributed by atoms with Crippen LogP contribution in [0.3, 0.4) is 0 Å². The standard InChI is InChI=1S/C16H22N2O6S/c1-24-16(23)14-12(4-7-25-14)17-13(20)8-10(15(21)22)9-18-5-2-11(19)3-6-18/h4,7,10-11,19H,2-3,5-6,8-9H2,1H3,(H,17,20)(H,21,22)/t10-/m0/s1. The minimum absolute atomic E-state index is 0.190. The fraction of sp³-hybridized carbons (Fsp3) is 0.562. The monoisotopic (exact) mass is 370 g/mol. The average Bonchev–Trinajstić information content (AvgIpc) is 3.03. The number of hydrogen-bond donors (Lipinski definition) is 3. The Hall–Kier alpha value is -1.97. The van der Waals surface area contributed by atoms with Gasteiger partial charge in [0.25, 0.3) is 0 Å². The first-order valence-corrected chi connectivity index (χ1v) is 8.87. The van der Waals surface area contributed by atoms with E-state index < -0.39 is 23.8 Å². The third-order valence-electron chi connectivity index (χ3n) is 4.13. The number of aliphatic hydroxyl groups is 1. The maximum Gasteiger partial charge on any atom is 0.350 e. The topological polar surface area (TPSA) is 116 Å². The Kier molecular flexibility index (Phi) is 6.91. The number of anilines is 1. The highest BCUT2D eigenvalue weighted by molar-refractivity contribution is 7.12. The summed E-state index contributed by atoms with van der Waals surface area (Å²) in [5.41, 5.74) is 0.326. The molecule has 1 atom stereocenters. The molecule has 0 radical (unpaired) electrons. The van der Waals surface area contributed by atoms with Crippen LogP contribution >= 0.6 is 11.3 Å². The van der Waals surface area contributed by atoms with Gasteiger partial charge in [0.1, 0.15) is 4.88 Å². The zero-order chi connectivity index (χ0) is 18.4. The minimum atomic E-state index is -1.04. The van der Waals surface area contributed by atoms with Crippen LogP contribution in [0.1, 0.15) is 28.9 Å². The highest BCUT2D eigenvalue weighted by atomic mass is 32.1. The van der Waals surface area contributed by atoms with Crippen molar-refractivity contribution in [2.75, 3.05) is 32.1 Å². The second-order valence-corrected chi connectivity index (χ2v) is 6.89. The Labute approximate surface area is 149 Å². The van der Waals surface area contributed by atoms with Gasteiger partial charge in [0.15, 0.2) is 0 Å². The smallest absolute Gasteiger partial charge is 0.350 e. The lowest BCUT2D eigenvalue weighted by Crippen LogP contribution is -2.41. The minimum Gasteiger partial charge on any atom is -0.481 e. The molecule has 2 heterocycles. The molecule has 0 unspecified atom stereocenters. The molecule has 9 heteroatoms. The molecule has 0 spiro atoms. The third-order valence-corrected chi connectivity index (χ3v) is 5.02. The Morgan fingerprint density at radius 2 is 2.08 bits per heavy atom. The highest BCUT2D eigenvalue weighted by Gasteiger charge is 2.27. The number of carbonyl (C=O) groups excluding carboxylic acids is 2. The van der Waals surface area contributed by atoms with E-state index in [1.54, 1.807) is 11.4 Å². The van der Waals surface area contributed by atoms with E-state index in [0.717, 1.165) is 11.3 Å². The molecule has 1 aromatic rings. The Morgan fingerprint density at radius 1 is 1.40 bits per heavy atom. The Bertz CT molecular complexity index is 624. The first-order valence-electron chi connectivity index (χ1n) is 7.99. The largest absolute Gasteiger partial charge is 0.481 e. The Balaban J connectivity index is 1.93. The number of nitrogens with zero attached hydrogens (tertiary/aromatic N) is 1. The number of methoxy groups -OCH3 is 1. The molecule has 0 aliphatic carbocycles. The summed E-state index contributed by atoms with van der Waals surface area (Å²) in [6.45, 7) is 1.48. The van der Waals surface area contributed by atoms with Crippen molar-refractivity contribution in [2.45, 2.75) is 25.4 Å². The molecule has 1 fully saturated rings. The van der Waals surface area contributed by atoms with Crippen LogP contribution in [0, 0.1) is 5.92 Å². The van der Waals surface area contributed by atoms with E-state index in [2.05, 4.69) is 10.1 Å². The van der Waals surface area contributed by atoms with Crippen molar-refractivity contribution in [2.24, 2.45) is 5.92 Å². The second-order valence-electron chi connectivity index (χ2n) is 5.97. The SMILES string of the molecule is COC(=O)c1sccc1NC(=O)C[C@@H](CN1CCC(O)CC1)C(=O)O. The first kappa shape index (κ1) is 19.4. The van der Waals surface area contributed by atoms with Crippen molar-refractivity contribution in [1.82, 2.24) is 4.90 Å². The van der Waals surface area contributed by atoms with Crippen LogP contribution in [0.4, 0.5) is 5.69 Å². The van der Waals surface area contributed by atoms with Crippen molar-refractivity contribution in [3.8, 4) is 0 Å². The van der Waals surface area contributed by atoms with E-state index in [1.807, 2.05) is 4.90 Å². The number of piperidine rings is 1. The molecule has 138 valence electrons. The van der Waals surface area contributed by atoms with Gasteiger partial charge in [-0.1, -0.05) is 0 Å². The molecule has 0 aromatic carbocycles. The number of thiophene rings is 1. The van der Waals surface area contributed by atoms with Gasteiger partial charge in [-0.3, -0.25) is 9.59 Å². The van der Waals surface area contributed by atoms with Crippen molar-refractivity contribution < 1.29 is 29.3 Å². The zero-order valence-corrected chi connectivity index (χ0v) is 14.8. The Morgan fingerprint density at radius 3 is 2.68 bits per heavy atom. The predicted molar refractivity (Wildman–Crippen MR) is 91.7 cm³/mol. The van der Waals surface area contributed by atoms with E-state index in [1.165, 1.54) is 7.11 Å². The van der Waals surface area contributed by atoms with Gasteiger partial charge in [-0.25, -0.2) is 4.79 Å². The van der Waals surface area contributed by atoms with Gasteiger partial charge >= 0.3 is 11.9 Å². The van der Waals surface area contributed by atoms with E-state index in [-0.39, 0.29) is 23.9 Å². The van der Waals surface area contributed by atoms with Gasteiger partial charge in [-0.2, -0.15) is 0 Å². The van der Waals surface area contributed by atoms with E-state index >= 15 is 0 Å². The van der Waals surface area contributed by atoms with Crippen LogP contribution in [0.25, 0.3) is 0 Å². The van der Waals surface area contributed by atoms with Crippen molar-refractivity contribution in [3.63, 3.8) is 0 Å². The number of carboxylic acids is 1. The van der Waals surface area contributed by atoms with Crippen molar-refractivity contribution >= 4 is 34.9 Å². The average molecular weight is 370 g/mol. The number of hydrogen-bond acceptors (Lipinski definition) is 7. The lowest BCUT2D eigenvalue weighted by atomic mass is 10.0. The van der Waals surface area contributed by atoms with Gasteiger partial charge in [-0.15, -0.1) is 11.3 Å². The number of amides is 1. The zero-order valence-electron chi connectivity index (χ0n) is 13.9. The van der Waals surface area contributed by atoms with Gasteiger partial charge < -0.3 is 25.2 Å². The van der Waals surface area contributed by atoms with Crippen LogP contribution in [-0.2, 0) is 14.3 Å². The lowest BCUT2D eigenvalue weighted by molar-refractivity contribution is -0.144. The summed E-state index contributed by atoms with van der Waals surface area (Å²) in [5, 5.41) is 23.1. The predicted octanol–water partition coefficient (Wildman–Crippen LogP) is 1.02. The quantitative estimate of drug-likeness (QED) is 0.614. The number of ether oxygens (including phenoxy) is 1. The molecular formula is C16H22N2O6S. The molecule has 0 saturated carbocycles. The van der Waals surface area contributed by atoms with Gasteiger partial charge in [-0.05, 0) is 24.3 Å². The molecule has 1 amide bonds. The fourth-order valence-corrected chi connectivity index (χ4v) is 3.49. The summed E-state index contributed by atoms with van der Waals surface area (Å²) in [6, 6.07) is 1.58. The first-order chi connectivity index (χ1) is 11.9. The number of nitrogens with one attached hydrogen (secondary N) is 1. The normalized spacial score (nSPS) is 17.0. The molecule has 1 aromatic heterocycles. The summed E-state index contributed by atoms with van der Waals surface area (Å²) in [4.78, 5) is 37.5. The van der Waals surface area contributed by atoms with E-state index in [9.17, 15) is 24.6 Å². The number of carboxylic acid groups (broad SMARTS) is 1. The number of esters is 1. The van der Waals surface area contributed by atoms with Crippen molar-refractivity contribution in [3.05, 3.63) is 16.3 Å². The molecule has 1 aliphatic rings. The van der Waals surface area contributed by atoms with Crippen LogP contribution in [0.15, 0.2) is 11.4 Å². The maximum absolute atomic E-state index is 12.2. The molecule has 1 saturated heterocycles. The molecule has 0 bridgehead atoms. The number of aliphatic hydroxyl groups excluding tert-OH is 1. The summed E-state index contributed by atoms with van der Waals surface area (Å²) >= 11 is 1.14. The molecule has 3 N–H and O–H groups in total. The number of aliphatic carboxylic acids is 1. The van der Waals surface area contributed by atoms with Crippen LogP contribution in [0.2, 0.25) is 0 Å². The van der Waals surface area contributed by atoms with Crippen LogP contribution in [-0.4, -0.2) is 65.8 Å². The summed E-state index contributed by atoms with van der Waals surface area (Å²) in [6.07, 6.45) is 0.689. The third kappa shape index (κ3) is 5.52. The lowest BCUT2D eigenvalue weighted by Gasteiger charge is -2.31. The molecular weight excluding hydrogens is 348 g/mol. The van der Waals surface area contributed by atoms with E-state index in [0.29, 0.717) is 31.6 Å². The van der Waals surface area contributed by atoms with E-state index in [4.69, 9.17) is 0 Å². The molecule has 1 aliphatic heterocycles. The number of likely N-dealkylation sites (tertiary alicyclic amines) is 1. The molecule has 25 heavy (non-hydrogen) atoms. The maximum atomic E-state index is 12.2. The van der Waals surface area contributed by atoms with Crippen molar-refractivity contribution in [1.29, 1.82) is 0 Å². The fourth-order valence-electron chi connectivity index (χ4n) is 2.73. The second kappa shape index (κ2) is 8.93. The summed E-state index contributed by atoms with van der Waals surface area (Å²) < 4.78 is 4.64. The van der Waals surface area contributed by atoms with Crippen LogP contribution in [0.5, 0.6) is 0 Å². The van der Waals surface area contributed by atoms with Gasteiger partial charge in [0.2, 0.25) is 5.91 Å². The number of carbonyl (C=O) groups is 3. The van der Waals surface area contributed by atoms with Gasteiger partial charge in [0.05, 0.1) is 24.8 Å². The summed E-state index contributed by atoms with van der Waals surface area (Å²) in [7, 11) is 1.25.